The van der Waals surface area contributed by atoms with Gasteiger partial charge in [-0.25, -0.2) is 10.9 Å². The summed E-state index contributed by atoms with van der Waals surface area (Å²) in [7, 11) is 0. The number of carbonyl (C=O) groups excluding carboxylic acids is 1. The van der Waals surface area contributed by atoms with E-state index < -0.39 is 0 Å². The molecule has 0 spiro atoms. The molecule has 0 aliphatic carbocycles. The van der Waals surface area contributed by atoms with Crippen LogP contribution in [0.4, 0.5) is 11.4 Å². The summed E-state index contributed by atoms with van der Waals surface area (Å²) < 4.78 is 0. The van der Waals surface area contributed by atoms with Crippen LogP contribution in [0.3, 0.4) is 0 Å². The number of rotatable bonds is 4. The highest BCUT2D eigenvalue weighted by molar-refractivity contribution is 5.89. The third kappa shape index (κ3) is 3.88. The lowest BCUT2D eigenvalue weighted by atomic mass is 10.0. The van der Waals surface area contributed by atoms with Gasteiger partial charge in [-0.2, -0.15) is 0 Å². The number of hydrazine groups is 1. The van der Waals surface area contributed by atoms with Crippen molar-refractivity contribution in [1.29, 1.82) is 0 Å². The Balaban J connectivity index is 1.63. The zero-order valence-corrected chi connectivity index (χ0v) is 13.4. The van der Waals surface area contributed by atoms with Crippen LogP contribution in [0.2, 0.25) is 0 Å². The monoisotopic (exact) mass is 310 g/mol. The number of amides is 1. The second kappa shape index (κ2) is 6.81. The van der Waals surface area contributed by atoms with Crippen LogP contribution in [0.1, 0.15) is 30.5 Å². The molecule has 1 aliphatic heterocycles. The molecule has 0 saturated carbocycles. The molecule has 1 heterocycles. The number of carbonyl (C=O) groups is 1. The van der Waals surface area contributed by atoms with Gasteiger partial charge in [0.05, 0.1) is 6.17 Å². The van der Waals surface area contributed by atoms with Crippen LogP contribution < -0.4 is 21.5 Å². The van der Waals surface area contributed by atoms with Crippen LogP contribution in [0.5, 0.6) is 0 Å². The van der Waals surface area contributed by atoms with Crippen molar-refractivity contribution < 1.29 is 4.79 Å². The molecule has 1 fully saturated rings. The second-order valence-electron chi connectivity index (χ2n) is 5.90. The molecule has 0 aromatic heterocycles. The highest BCUT2D eigenvalue weighted by atomic mass is 16.1. The Labute approximate surface area is 136 Å². The highest BCUT2D eigenvalue weighted by Crippen LogP contribution is 2.25. The van der Waals surface area contributed by atoms with E-state index in [0.29, 0.717) is 6.04 Å². The van der Waals surface area contributed by atoms with E-state index in [1.165, 1.54) is 12.5 Å². The van der Waals surface area contributed by atoms with Crippen molar-refractivity contribution in [1.82, 2.24) is 10.9 Å². The van der Waals surface area contributed by atoms with Gasteiger partial charge in [-0.15, -0.1) is 0 Å². The molecule has 1 aliphatic rings. The van der Waals surface area contributed by atoms with Crippen molar-refractivity contribution in [2.45, 2.75) is 32.5 Å². The van der Waals surface area contributed by atoms with Crippen LogP contribution in [0.25, 0.3) is 0 Å². The highest BCUT2D eigenvalue weighted by Gasteiger charge is 2.24. The summed E-state index contributed by atoms with van der Waals surface area (Å²) in [6.45, 7) is 3.55. The molecule has 2 aromatic carbocycles. The summed E-state index contributed by atoms with van der Waals surface area (Å²) in [6, 6.07) is 16.6. The lowest BCUT2D eigenvalue weighted by molar-refractivity contribution is -0.114. The molecule has 23 heavy (non-hydrogen) atoms. The van der Waals surface area contributed by atoms with Crippen LogP contribution in [-0.2, 0) is 4.79 Å². The Morgan fingerprint density at radius 1 is 1.13 bits per heavy atom. The fourth-order valence-corrected chi connectivity index (χ4v) is 2.85. The van der Waals surface area contributed by atoms with E-state index in [1.54, 1.807) is 0 Å². The van der Waals surface area contributed by atoms with E-state index in [-0.39, 0.29) is 12.1 Å². The molecule has 1 amide bonds. The normalized spacial score (nSPS) is 20.3. The molecule has 2 aromatic rings. The summed E-state index contributed by atoms with van der Waals surface area (Å²) >= 11 is 0. The van der Waals surface area contributed by atoms with Gasteiger partial charge < -0.3 is 10.6 Å². The summed E-state index contributed by atoms with van der Waals surface area (Å²) in [4.78, 5) is 11.1. The summed E-state index contributed by atoms with van der Waals surface area (Å²) in [6.07, 6.45) is 1.11. The molecule has 120 valence electrons. The molecule has 0 bridgehead atoms. The number of hydrogen-bond acceptors (Lipinski definition) is 4. The first kappa shape index (κ1) is 15.5. The average molecular weight is 310 g/mol. The van der Waals surface area contributed by atoms with Gasteiger partial charge in [-0.3, -0.25) is 4.79 Å². The molecule has 3 rings (SSSR count). The van der Waals surface area contributed by atoms with E-state index in [9.17, 15) is 4.79 Å². The van der Waals surface area contributed by atoms with E-state index in [1.807, 2.05) is 31.2 Å². The number of benzene rings is 2. The van der Waals surface area contributed by atoms with Crippen molar-refractivity contribution in [2.75, 3.05) is 10.6 Å². The number of hydrogen-bond donors (Lipinski definition) is 4. The van der Waals surface area contributed by atoms with Crippen LogP contribution in [0, 0.1) is 6.92 Å². The fourth-order valence-electron chi connectivity index (χ4n) is 2.85. The maximum Gasteiger partial charge on any atom is 0.221 e. The largest absolute Gasteiger partial charge is 0.368 e. The third-order valence-electron chi connectivity index (χ3n) is 3.98. The van der Waals surface area contributed by atoms with E-state index in [2.05, 4.69) is 45.8 Å². The SMILES string of the molecule is CC(=O)Nc1ccc(NC2CC(c3ccccc3)NN2)c(C)c1. The van der Waals surface area contributed by atoms with Crippen molar-refractivity contribution in [3.05, 3.63) is 59.7 Å². The van der Waals surface area contributed by atoms with Gasteiger partial charge in [0.15, 0.2) is 0 Å². The maximum absolute atomic E-state index is 11.1. The smallest absolute Gasteiger partial charge is 0.221 e. The lowest BCUT2D eigenvalue weighted by Gasteiger charge is -2.16. The zero-order valence-electron chi connectivity index (χ0n) is 13.4. The molecule has 2 unspecified atom stereocenters. The lowest BCUT2D eigenvalue weighted by Crippen LogP contribution is -2.36. The zero-order chi connectivity index (χ0) is 16.2. The Morgan fingerprint density at radius 2 is 1.91 bits per heavy atom. The maximum atomic E-state index is 11.1. The first-order chi connectivity index (χ1) is 11.1. The molecule has 0 radical (unpaired) electrons. The minimum atomic E-state index is -0.0579. The van der Waals surface area contributed by atoms with Gasteiger partial charge in [-0.1, -0.05) is 30.3 Å². The predicted octanol–water partition coefficient (Wildman–Crippen LogP) is 2.93. The molecular weight excluding hydrogens is 288 g/mol. The summed E-state index contributed by atoms with van der Waals surface area (Å²) in [5.74, 6) is -0.0579. The number of anilines is 2. The molecule has 5 nitrogen and oxygen atoms in total. The third-order valence-corrected chi connectivity index (χ3v) is 3.98. The Kier molecular flexibility index (Phi) is 4.60. The van der Waals surface area contributed by atoms with Gasteiger partial charge in [0.25, 0.3) is 0 Å². The summed E-state index contributed by atoms with van der Waals surface area (Å²) in [5, 5.41) is 6.30. The minimum absolute atomic E-state index is 0.0579. The van der Waals surface area contributed by atoms with Crippen LogP contribution >= 0.6 is 0 Å². The van der Waals surface area contributed by atoms with Crippen molar-refractivity contribution >= 4 is 17.3 Å². The fraction of sp³-hybridized carbons (Fsp3) is 0.278. The van der Waals surface area contributed by atoms with Crippen LogP contribution in [-0.4, -0.2) is 12.1 Å². The van der Waals surface area contributed by atoms with Crippen molar-refractivity contribution in [2.24, 2.45) is 0 Å². The molecule has 1 saturated heterocycles. The molecular formula is C18H22N4O. The van der Waals surface area contributed by atoms with E-state index in [4.69, 9.17) is 0 Å². The van der Waals surface area contributed by atoms with E-state index in [0.717, 1.165) is 23.4 Å². The Morgan fingerprint density at radius 3 is 2.61 bits per heavy atom. The molecule has 5 heteroatoms. The number of aryl methyl sites for hydroxylation is 1. The average Bonchev–Trinajstić information content (AvgIpc) is 2.99. The Bertz CT molecular complexity index is 687. The Hall–Kier alpha value is -2.37. The van der Waals surface area contributed by atoms with Crippen molar-refractivity contribution in [3.63, 3.8) is 0 Å². The molecule has 2 atom stereocenters. The van der Waals surface area contributed by atoms with Gasteiger partial charge in [0, 0.05) is 30.8 Å². The van der Waals surface area contributed by atoms with Crippen LogP contribution in [0.15, 0.2) is 48.5 Å². The standard InChI is InChI=1S/C18H22N4O/c1-12-10-15(19-13(2)23)8-9-16(12)20-18-11-17(21-22-18)14-6-4-3-5-7-14/h3-10,17-18,20-22H,11H2,1-2H3,(H,19,23). The van der Waals surface area contributed by atoms with Gasteiger partial charge in [-0.05, 0) is 36.2 Å². The second-order valence-corrected chi connectivity index (χ2v) is 5.90. The van der Waals surface area contributed by atoms with Gasteiger partial charge in [0.2, 0.25) is 5.91 Å². The quantitative estimate of drug-likeness (QED) is 0.701. The van der Waals surface area contributed by atoms with Crippen molar-refractivity contribution in [3.8, 4) is 0 Å². The minimum Gasteiger partial charge on any atom is -0.368 e. The number of nitrogens with one attached hydrogen (secondary N) is 4. The van der Waals surface area contributed by atoms with E-state index >= 15 is 0 Å². The van der Waals surface area contributed by atoms with Gasteiger partial charge >= 0.3 is 0 Å². The first-order valence-electron chi connectivity index (χ1n) is 7.82. The molecule has 4 N–H and O–H groups in total. The summed E-state index contributed by atoms with van der Waals surface area (Å²) in [5.41, 5.74) is 10.9. The van der Waals surface area contributed by atoms with Gasteiger partial charge in [0.1, 0.15) is 0 Å². The predicted molar refractivity (Wildman–Crippen MR) is 93.0 cm³/mol. The first-order valence-corrected chi connectivity index (χ1v) is 7.82. The topological polar surface area (TPSA) is 65.2 Å².